The molecule has 0 amide bonds. The molecule has 4 aromatic carbocycles. The number of benzene rings is 4. The third kappa shape index (κ3) is 6.28. The first-order valence-corrected chi connectivity index (χ1v) is 13.1. The number of carbonyl (C=O) groups is 4. The number of carbonyl (C=O) groups excluding carboxylic acids is 4. The number of rotatable bonds is 10. The van der Waals surface area contributed by atoms with Gasteiger partial charge in [0.05, 0.1) is 28.9 Å². The zero-order chi connectivity index (χ0) is 29.5. The molecule has 0 saturated heterocycles. The summed E-state index contributed by atoms with van der Waals surface area (Å²) >= 11 is 6.11. The van der Waals surface area contributed by atoms with Crippen LogP contribution in [0, 0.1) is 0 Å². The van der Waals surface area contributed by atoms with Crippen LogP contribution in [-0.4, -0.2) is 40.3 Å². The molecule has 8 nitrogen and oxygen atoms in total. The molecule has 9 heteroatoms. The summed E-state index contributed by atoms with van der Waals surface area (Å²) in [7, 11) is 0. The van der Waals surface area contributed by atoms with E-state index in [0.717, 1.165) is 0 Å². The molecule has 208 valence electrons. The highest BCUT2D eigenvalue weighted by Crippen LogP contribution is 2.46. The van der Waals surface area contributed by atoms with Crippen molar-refractivity contribution in [3.05, 3.63) is 123 Å². The molecule has 41 heavy (non-hydrogen) atoms. The molecule has 0 heterocycles. The molecule has 4 rings (SSSR count). The minimum Gasteiger partial charge on any atom is -0.504 e. The van der Waals surface area contributed by atoms with E-state index in [4.69, 9.17) is 21.1 Å². The Morgan fingerprint density at radius 1 is 0.683 bits per heavy atom. The van der Waals surface area contributed by atoms with Crippen molar-refractivity contribution in [1.82, 2.24) is 0 Å². The van der Waals surface area contributed by atoms with E-state index < -0.39 is 57.4 Å². The summed E-state index contributed by atoms with van der Waals surface area (Å²) in [5.74, 6) is -6.86. The number of aromatic hydroxyl groups is 2. The Balaban J connectivity index is 2.04. The average molecular weight is 573 g/mol. The molecule has 0 aromatic heterocycles. The van der Waals surface area contributed by atoms with Crippen LogP contribution in [-0.2, 0) is 4.74 Å². The molecule has 0 spiro atoms. The highest BCUT2D eigenvalue weighted by molar-refractivity contribution is 6.31. The fraction of sp³-hybridized carbons (Fsp3) is 0.125. The standard InChI is InChI=1S/C32H25ClO8/c1-2-3-17-40-32(39)23-24(26(34)19-11-6-4-7-12-19)28(36)29(37)30(41-31(38)20-13-8-5-9-14-20)25(23)27(35)21-15-10-16-22(33)18-21/h4-16,18,36-37H,2-3,17H2,1H3. The molecule has 0 radical (unpaired) electrons. The number of phenols is 2. The van der Waals surface area contributed by atoms with Crippen molar-refractivity contribution >= 4 is 35.1 Å². The minimum absolute atomic E-state index is 0.0414. The number of ether oxygens (including phenoxy) is 2. The van der Waals surface area contributed by atoms with Crippen LogP contribution in [0.5, 0.6) is 17.2 Å². The Morgan fingerprint density at radius 3 is 1.88 bits per heavy atom. The van der Waals surface area contributed by atoms with E-state index in [1.165, 1.54) is 48.5 Å². The zero-order valence-electron chi connectivity index (χ0n) is 21.9. The highest BCUT2D eigenvalue weighted by atomic mass is 35.5. The van der Waals surface area contributed by atoms with E-state index in [-0.39, 0.29) is 28.3 Å². The Kier molecular flexibility index (Phi) is 9.16. The summed E-state index contributed by atoms with van der Waals surface area (Å²) < 4.78 is 10.8. The summed E-state index contributed by atoms with van der Waals surface area (Å²) in [6.45, 7) is 1.82. The topological polar surface area (TPSA) is 127 Å². The zero-order valence-corrected chi connectivity index (χ0v) is 22.7. The number of ketones is 2. The molecular formula is C32H25ClO8. The smallest absolute Gasteiger partial charge is 0.343 e. The summed E-state index contributed by atoms with van der Waals surface area (Å²) in [6, 6.07) is 21.1. The van der Waals surface area contributed by atoms with Gasteiger partial charge in [0.2, 0.25) is 5.75 Å². The molecular weight excluding hydrogens is 548 g/mol. The van der Waals surface area contributed by atoms with Crippen LogP contribution >= 0.6 is 11.6 Å². The van der Waals surface area contributed by atoms with Gasteiger partial charge in [0.15, 0.2) is 23.1 Å². The average Bonchev–Trinajstić information content (AvgIpc) is 2.99. The second-order valence-corrected chi connectivity index (χ2v) is 9.37. The maximum Gasteiger partial charge on any atom is 0.343 e. The van der Waals surface area contributed by atoms with Crippen LogP contribution < -0.4 is 4.74 Å². The first kappa shape index (κ1) is 29.0. The summed E-state index contributed by atoms with van der Waals surface area (Å²) in [6.07, 6.45) is 1.16. The van der Waals surface area contributed by atoms with Crippen molar-refractivity contribution in [1.29, 1.82) is 0 Å². The first-order valence-electron chi connectivity index (χ1n) is 12.7. The predicted molar refractivity (Wildman–Crippen MR) is 151 cm³/mol. The monoisotopic (exact) mass is 572 g/mol. The van der Waals surface area contributed by atoms with Gasteiger partial charge in [-0.25, -0.2) is 9.59 Å². The molecule has 2 N–H and O–H groups in total. The molecule has 0 saturated carbocycles. The van der Waals surface area contributed by atoms with Crippen molar-refractivity contribution < 1.29 is 38.9 Å². The molecule has 0 aliphatic carbocycles. The Hall–Kier alpha value is -4.95. The quantitative estimate of drug-likeness (QED) is 0.0735. The largest absolute Gasteiger partial charge is 0.504 e. The molecule has 4 aromatic rings. The van der Waals surface area contributed by atoms with Gasteiger partial charge in [-0.05, 0) is 30.7 Å². The predicted octanol–water partition coefficient (Wildman–Crippen LogP) is 6.39. The normalized spacial score (nSPS) is 10.6. The van der Waals surface area contributed by atoms with Crippen LogP contribution in [0.3, 0.4) is 0 Å². The maximum absolute atomic E-state index is 14.0. The fourth-order valence-corrected chi connectivity index (χ4v) is 4.25. The maximum atomic E-state index is 14.0. The molecule has 0 atom stereocenters. The number of hydrogen-bond donors (Lipinski definition) is 2. The van der Waals surface area contributed by atoms with Gasteiger partial charge in [0.25, 0.3) is 0 Å². The van der Waals surface area contributed by atoms with E-state index in [1.54, 1.807) is 36.4 Å². The third-order valence-corrected chi connectivity index (χ3v) is 6.35. The van der Waals surface area contributed by atoms with Gasteiger partial charge in [-0.2, -0.15) is 0 Å². The fourth-order valence-electron chi connectivity index (χ4n) is 4.06. The van der Waals surface area contributed by atoms with Crippen molar-refractivity contribution in [2.24, 2.45) is 0 Å². The lowest BCUT2D eigenvalue weighted by Gasteiger charge is -2.20. The number of halogens is 1. The SMILES string of the molecule is CCCCOC(=O)c1c(C(=O)c2ccccc2)c(O)c(O)c(OC(=O)c2ccccc2)c1C(=O)c1cccc(Cl)c1. The number of unbranched alkanes of at least 4 members (excludes halogenated alkanes) is 1. The number of phenolic OH excluding ortho intramolecular Hbond substituents is 2. The van der Waals surface area contributed by atoms with Crippen LogP contribution in [0.4, 0.5) is 0 Å². The first-order chi connectivity index (χ1) is 19.7. The molecule has 0 aliphatic heterocycles. The van der Waals surface area contributed by atoms with E-state index >= 15 is 0 Å². The lowest BCUT2D eigenvalue weighted by Crippen LogP contribution is -2.22. The molecule has 0 aliphatic rings. The van der Waals surface area contributed by atoms with Crippen LogP contribution in [0.2, 0.25) is 5.02 Å². The van der Waals surface area contributed by atoms with Crippen molar-refractivity contribution in [2.45, 2.75) is 19.8 Å². The summed E-state index contributed by atoms with van der Waals surface area (Å²) in [5.41, 5.74) is -1.91. The molecule has 0 unspecified atom stereocenters. The van der Waals surface area contributed by atoms with E-state index in [9.17, 15) is 29.4 Å². The number of esters is 2. The second-order valence-electron chi connectivity index (χ2n) is 8.93. The van der Waals surface area contributed by atoms with Gasteiger partial charge in [-0.3, -0.25) is 9.59 Å². The van der Waals surface area contributed by atoms with Crippen LogP contribution in [0.1, 0.15) is 72.3 Å². The molecule has 0 fully saturated rings. The second kappa shape index (κ2) is 12.9. The van der Waals surface area contributed by atoms with E-state index in [0.29, 0.717) is 12.8 Å². The van der Waals surface area contributed by atoms with E-state index in [2.05, 4.69) is 0 Å². The molecule has 0 bridgehead atoms. The van der Waals surface area contributed by atoms with Crippen molar-refractivity contribution in [3.63, 3.8) is 0 Å². The Labute approximate surface area is 240 Å². The van der Waals surface area contributed by atoms with Gasteiger partial charge in [0.1, 0.15) is 0 Å². The van der Waals surface area contributed by atoms with Gasteiger partial charge in [-0.1, -0.05) is 85.6 Å². The van der Waals surface area contributed by atoms with Crippen LogP contribution in [0.25, 0.3) is 0 Å². The van der Waals surface area contributed by atoms with Gasteiger partial charge in [-0.15, -0.1) is 0 Å². The summed E-state index contributed by atoms with van der Waals surface area (Å²) in [5, 5.41) is 22.4. The van der Waals surface area contributed by atoms with Gasteiger partial charge >= 0.3 is 11.9 Å². The van der Waals surface area contributed by atoms with E-state index in [1.807, 2.05) is 6.92 Å². The Bertz CT molecular complexity index is 1610. The highest BCUT2D eigenvalue weighted by Gasteiger charge is 2.37. The van der Waals surface area contributed by atoms with Crippen LogP contribution in [0.15, 0.2) is 84.9 Å². The lowest BCUT2D eigenvalue weighted by molar-refractivity contribution is 0.0491. The van der Waals surface area contributed by atoms with Crippen molar-refractivity contribution in [2.75, 3.05) is 6.61 Å². The third-order valence-electron chi connectivity index (χ3n) is 6.12. The minimum atomic E-state index is -1.13. The van der Waals surface area contributed by atoms with Crippen molar-refractivity contribution in [3.8, 4) is 17.2 Å². The lowest BCUT2D eigenvalue weighted by atomic mass is 9.88. The van der Waals surface area contributed by atoms with Gasteiger partial charge < -0.3 is 19.7 Å². The summed E-state index contributed by atoms with van der Waals surface area (Å²) in [4.78, 5) is 54.3. The number of hydrogen-bond acceptors (Lipinski definition) is 8. The Morgan fingerprint density at radius 2 is 1.27 bits per heavy atom. The van der Waals surface area contributed by atoms with Gasteiger partial charge in [0, 0.05) is 16.1 Å².